The van der Waals surface area contributed by atoms with Crippen molar-refractivity contribution in [3.63, 3.8) is 0 Å². The van der Waals surface area contributed by atoms with Gasteiger partial charge in [-0.2, -0.15) is 0 Å². The average Bonchev–Trinajstić information content (AvgIpc) is 3.20. The zero-order chi connectivity index (χ0) is 13.9. The van der Waals surface area contributed by atoms with E-state index in [0.29, 0.717) is 18.5 Å². The van der Waals surface area contributed by atoms with Crippen LogP contribution in [0.15, 0.2) is 18.2 Å². The van der Waals surface area contributed by atoms with Crippen LogP contribution in [0, 0.1) is 5.92 Å². The molecule has 1 amide bonds. The zero-order valence-electron chi connectivity index (χ0n) is 11.9. The van der Waals surface area contributed by atoms with Crippen LogP contribution in [0.4, 0.5) is 0 Å². The standard InChI is InChI=1S/C16H22N2O2/c1-11(17-7-8-18-16(19)12-2-3-12)13-4-5-15-14(10-13)6-9-20-15/h4-5,10-12,17H,2-3,6-9H2,1H3,(H,18,19). The molecule has 108 valence electrons. The maximum absolute atomic E-state index is 11.5. The van der Waals surface area contributed by atoms with Crippen LogP contribution >= 0.6 is 0 Å². The molecule has 2 aliphatic rings. The van der Waals surface area contributed by atoms with Crippen molar-refractivity contribution in [2.45, 2.75) is 32.2 Å². The van der Waals surface area contributed by atoms with Crippen molar-refractivity contribution < 1.29 is 9.53 Å². The topological polar surface area (TPSA) is 50.4 Å². The number of hydrogen-bond donors (Lipinski definition) is 2. The molecule has 1 saturated carbocycles. The van der Waals surface area contributed by atoms with Gasteiger partial charge in [-0.3, -0.25) is 4.79 Å². The number of rotatable bonds is 6. The van der Waals surface area contributed by atoms with Crippen LogP contribution in [0.1, 0.15) is 36.9 Å². The molecule has 2 N–H and O–H groups in total. The van der Waals surface area contributed by atoms with E-state index in [1.54, 1.807) is 0 Å². The van der Waals surface area contributed by atoms with Gasteiger partial charge in [-0.15, -0.1) is 0 Å². The molecule has 1 unspecified atom stereocenters. The Labute approximate surface area is 119 Å². The van der Waals surface area contributed by atoms with E-state index in [-0.39, 0.29) is 5.91 Å². The lowest BCUT2D eigenvalue weighted by atomic mass is 10.0. The minimum absolute atomic E-state index is 0.217. The molecular weight excluding hydrogens is 252 g/mol. The van der Waals surface area contributed by atoms with Crippen LogP contribution in [-0.4, -0.2) is 25.6 Å². The minimum atomic E-state index is 0.217. The summed E-state index contributed by atoms with van der Waals surface area (Å²) in [7, 11) is 0. The summed E-state index contributed by atoms with van der Waals surface area (Å²) in [5.74, 6) is 1.54. The lowest BCUT2D eigenvalue weighted by molar-refractivity contribution is -0.122. The molecule has 0 saturated heterocycles. The molecule has 20 heavy (non-hydrogen) atoms. The first kappa shape index (κ1) is 13.4. The summed E-state index contributed by atoms with van der Waals surface area (Å²) in [6.07, 6.45) is 3.13. The molecule has 1 heterocycles. The van der Waals surface area contributed by atoms with Gasteiger partial charge < -0.3 is 15.4 Å². The molecular formula is C16H22N2O2. The van der Waals surface area contributed by atoms with Gasteiger partial charge in [-0.05, 0) is 37.0 Å². The molecule has 4 heteroatoms. The summed E-state index contributed by atoms with van der Waals surface area (Å²) in [5, 5.41) is 6.42. The van der Waals surface area contributed by atoms with Gasteiger partial charge in [0.15, 0.2) is 0 Å². The van der Waals surface area contributed by atoms with Crippen molar-refractivity contribution in [2.24, 2.45) is 5.92 Å². The third kappa shape index (κ3) is 3.12. The smallest absolute Gasteiger partial charge is 0.223 e. The minimum Gasteiger partial charge on any atom is -0.493 e. The van der Waals surface area contributed by atoms with Crippen LogP contribution in [0.25, 0.3) is 0 Å². The summed E-state index contributed by atoms with van der Waals surface area (Å²) in [6, 6.07) is 6.69. The van der Waals surface area contributed by atoms with Gasteiger partial charge in [0.25, 0.3) is 0 Å². The van der Waals surface area contributed by atoms with Crippen molar-refractivity contribution in [1.82, 2.24) is 10.6 Å². The van der Waals surface area contributed by atoms with Gasteiger partial charge in [-0.25, -0.2) is 0 Å². The number of ether oxygens (including phenoxy) is 1. The number of carbonyl (C=O) groups excluding carboxylic acids is 1. The normalized spacial score (nSPS) is 18.2. The number of amides is 1. The fourth-order valence-electron chi connectivity index (χ4n) is 2.56. The van der Waals surface area contributed by atoms with Crippen molar-refractivity contribution in [3.05, 3.63) is 29.3 Å². The fraction of sp³-hybridized carbons (Fsp3) is 0.562. The lowest BCUT2D eigenvalue weighted by Gasteiger charge is -2.15. The van der Waals surface area contributed by atoms with Crippen molar-refractivity contribution >= 4 is 5.91 Å². The third-order valence-corrected chi connectivity index (χ3v) is 4.04. The lowest BCUT2D eigenvalue weighted by Crippen LogP contribution is -2.33. The van der Waals surface area contributed by atoms with Crippen LogP contribution in [0.3, 0.4) is 0 Å². The second kappa shape index (κ2) is 5.83. The first-order chi connectivity index (χ1) is 9.74. The number of hydrogen-bond acceptors (Lipinski definition) is 3. The van der Waals surface area contributed by atoms with Gasteiger partial charge in [0, 0.05) is 31.5 Å². The molecule has 0 spiro atoms. The third-order valence-electron chi connectivity index (χ3n) is 4.04. The summed E-state index contributed by atoms with van der Waals surface area (Å²) >= 11 is 0. The molecule has 1 aliphatic heterocycles. The summed E-state index contributed by atoms with van der Waals surface area (Å²) in [4.78, 5) is 11.5. The first-order valence-corrected chi connectivity index (χ1v) is 7.51. The average molecular weight is 274 g/mol. The predicted molar refractivity (Wildman–Crippen MR) is 77.8 cm³/mol. The maximum Gasteiger partial charge on any atom is 0.223 e. The van der Waals surface area contributed by atoms with Crippen molar-refractivity contribution in [2.75, 3.05) is 19.7 Å². The highest BCUT2D eigenvalue weighted by molar-refractivity contribution is 5.80. The predicted octanol–water partition coefficient (Wildman–Crippen LogP) is 1.80. The van der Waals surface area contributed by atoms with E-state index in [0.717, 1.165) is 38.2 Å². The Hall–Kier alpha value is -1.55. The van der Waals surface area contributed by atoms with Gasteiger partial charge in [0.1, 0.15) is 5.75 Å². The Kier molecular flexibility index (Phi) is 3.92. The number of carbonyl (C=O) groups is 1. The van der Waals surface area contributed by atoms with E-state index in [1.165, 1.54) is 11.1 Å². The van der Waals surface area contributed by atoms with Crippen LogP contribution in [-0.2, 0) is 11.2 Å². The highest BCUT2D eigenvalue weighted by Gasteiger charge is 2.28. The van der Waals surface area contributed by atoms with Gasteiger partial charge in [0.05, 0.1) is 6.61 Å². The second-order valence-corrected chi connectivity index (χ2v) is 5.71. The van der Waals surface area contributed by atoms with E-state index < -0.39 is 0 Å². The van der Waals surface area contributed by atoms with Crippen LogP contribution in [0.5, 0.6) is 5.75 Å². The zero-order valence-corrected chi connectivity index (χ0v) is 11.9. The first-order valence-electron chi connectivity index (χ1n) is 7.51. The number of fused-ring (bicyclic) bond motifs is 1. The molecule has 1 aromatic rings. The van der Waals surface area contributed by atoms with E-state index in [4.69, 9.17) is 4.74 Å². The Morgan fingerprint density at radius 3 is 3.05 bits per heavy atom. The van der Waals surface area contributed by atoms with Crippen molar-refractivity contribution in [1.29, 1.82) is 0 Å². The molecule has 3 rings (SSSR count). The maximum atomic E-state index is 11.5. The van der Waals surface area contributed by atoms with Crippen LogP contribution in [0.2, 0.25) is 0 Å². The van der Waals surface area contributed by atoms with Crippen molar-refractivity contribution in [3.8, 4) is 5.75 Å². The highest BCUT2D eigenvalue weighted by atomic mass is 16.5. The fourth-order valence-corrected chi connectivity index (χ4v) is 2.56. The number of nitrogens with one attached hydrogen (secondary N) is 2. The molecule has 1 aliphatic carbocycles. The summed E-state index contributed by atoms with van der Waals surface area (Å²) in [6.45, 7) is 4.45. The molecule has 0 radical (unpaired) electrons. The Morgan fingerprint density at radius 1 is 1.40 bits per heavy atom. The SMILES string of the molecule is CC(NCCNC(=O)C1CC1)c1ccc2c(c1)CCO2. The summed E-state index contributed by atoms with van der Waals surface area (Å²) in [5.41, 5.74) is 2.58. The number of benzene rings is 1. The molecule has 4 nitrogen and oxygen atoms in total. The van der Waals surface area contributed by atoms with Gasteiger partial charge in [-0.1, -0.05) is 12.1 Å². The molecule has 1 aromatic carbocycles. The monoisotopic (exact) mass is 274 g/mol. The van der Waals surface area contributed by atoms with Gasteiger partial charge >= 0.3 is 0 Å². The van der Waals surface area contributed by atoms with E-state index in [1.807, 2.05) is 0 Å². The van der Waals surface area contributed by atoms with E-state index in [2.05, 4.69) is 35.8 Å². The Morgan fingerprint density at radius 2 is 2.25 bits per heavy atom. The second-order valence-electron chi connectivity index (χ2n) is 5.71. The molecule has 0 bridgehead atoms. The Bertz CT molecular complexity index is 497. The van der Waals surface area contributed by atoms with E-state index in [9.17, 15) is 4.79 Å². The van der Waals surface area contributed by atoms with Gasteiger partial charge in [0.2, 0.25) is 5.91 Å². The Balaban J connectivity index is 1.44. The van der Waals surface area contributed by atoms with Crippen LogP contribution < -0.4 is 15.4 Å². The largest absolute Gasteiger partial charge is 0.493 e. The highest BCUT2D eigenvalue weighted by Crippen LogP contribution is 2.29. The molecule has 1 fully saturated rings. The quantitative estimate of drug-likeness (QED) is 0.778. The molecule has 1 atom stereocenters. The van der Waals surface area contributed by atoms with E-state index >= 15 is 0 Å². The summed E-state index contributed by atoms with van der Waals surface area (Å²) < 4.78 is 5.52. The molecule has 0 aromatic heterocycles.